The summed E-state index contributed by atoms with van der Waals surface area (Å²) in [6, 6.07) is 10.8. The molecule has 2 aromatic carbocycles. The van der Waals surface area contributed by atoms with E-state index >= 15 is 0 Å². The first kappa shape index (κ1) is 18.1. The van der Waals surface area contributed by atoms with E-state index in [0.717, 1.165) is 4.90 Å². The Balaban J connectivity index is 1.77. The van der Waals surface area contributed by atoms with Crippen LogP contribution in [0.15, 0.2) is 52.3 Å². The molecule has 2 aromatic rings. The van der Waals surface area contributed by atoms with Crippen LogP contribution in [-0.4, -0.2) is 30.9 Å². The van der Waals surface area contributed by atoms with E-state index in [1.807, 2.05) is 13.0 Å². The highest BCUT2D eigenvalue weighted by Gasteiger charge is 2.24. The Morgan fingerprint density at radius 1 is 1.24 bits per heavy atom. The molecule has 1 heterocycles. The van der Waals surface area contributed by atoms with Crippen molar-refractivity contribution in [1.29, 1.82) is 0 Å². The van der Waals surface area contributed by atoms with Crippen molar-refractivity contribution in [2.24, 2.45) is 0 Å². The molecule has 25 heavy (non-hydrogen) atoms. The Bertz CT molecular complexity index is 916. The summed E-state index contributed by atoms with van der Waals surface area (Å²) in [5, 5.41) is 15.6. The molecule has 132 valence electrons. The lowest BCUT2D eigenvalue weighted by atomic mass is 10.1. The Hall–Kier alpha value is -1.74. The third kappa shape index (κ3) is 4.09. The van der Waals surface area contributed by atoms with Crippen LogP contribution in [0.5, 0.6) is 0 Å². The van der Waals surface area contributed by atoms with Crippen molar-refractivity contribution >= 4 is 48.8 Å². The van der Waals surface area contributed by atoms with Gasteiger partial charge in [0.05, 0.1) is 15.8 Å². The maximum atomic E-state index is 12.4. The number of rotatable bonds is 3. The van der Waals surface area contributed by atoms with E-state index in [0.29, 0.717) is 16.9 Å². The fourth-order valence-corrected chi connectivity index (χ4v) is 4.09. The molecule has 0 bridgehead atoms. The standard InChI is InChI=1S/C16H15ClN2O4S2/c1-9-15(20)19-13-8-10(2-7-14(13)24-9)16(21)18-11-3-5-12(6-4-11)25(17,22)23/h2-9,15,19-20H,1H3,(H,18,21). The number of hydrogen-bond acceptors (Lipinski definition) is 6. The van der Waals surface area contributed by atoms with Crippen LogP contribution in [0, 0.1) is 0 Å². The number of nitrogens with one attached hydrogen (secondary N) is 2. The molecule has 2 atom stereocenters. The fourth-order valence-electron chi connectivity index (χ4n) is 2.33. The second-order valence-corrected chi connectivity index (χ2v) is 9.52. The van der Waals surface area contributed by atoms with E-state index in [2.05, 4.69) is 10.6 Å². The van der Waals surface area contributed by atoms with Gasteiger partial charge < -0.3 is 15.7 Å². The number of carbonyl (C=O) groups is 1. The van der Waals surface area contributed by atoms with Crippen LogP contribution in [0.4, 0.5) is 11.4 Å². The Labute approximate surface area is 154 Å². The minimum absolute atomic E-state index is 0.0175. The summed E-state index contributed by atoms with van der Waals surface area (Å²) in [5.74, 6) is -0.343. The molecule has 0 radical (unpaired) electrons. The molecule has 2 unspecified atom stereocenters. The van der Waals surface area contributed by atoms with Gasteiger partial charge in [-0.3, -0.25) is 4.79 Å². The fraction of sp³-hybridized carbons (Fsp3) is 0.188. The Morgan fingerprint density at radius 2 is 1.92 bits per heavy atom. The van der Waals surface area contributed by atoms with E-state index < -0.39 is 15.3 Å². The van der Waals surface area contributed by atoms with Crippen molar-refractivity contribution in [3.8, 4) is 0 Å². The molecule has 1 aliphatic rings. The van der Waals surface area contributed by atoms with Gasteiger partial charge in [0.15, 0.2) is 0 Å². The molecule has 1 amide bonds. The molecule has 6 nitrogen and oxygen atoms in total. The summed E-state index contributed by atoms with van der Waals surface area (Å²) in [5.41, 5.74) is 1.57. The molecule has 0 fully saturated rings. The quantitative estimate of drug-likeness (QED) is 0.687. The van der Waals surface area contributed by atoms with Gasteiger partial charge in [-0.2, -0.15) is 0 Å². The second kappa shape index (κ2) is 6.87. The second-order valence-electron chi connectivity index (χ2n) is 5.54. The van der Waals surface area contributed by atoms with Gasteiger partial charge in [-0.1, -0.05) is 0 Å². The van der Waals surface area contributed by atoms with Gasteiger partial charge in [-0.15, -0.1) is 11.8 Å². The average molecular weight is 399 g/mol. The molecule has 0 aromatic heterocycles. The molecule has 9 heteroatoms. The van der Waals surface area contributed by atoms with Gasteiger partial charge in [-0.05, 0) is 49.4 Å². The highest BCUT2D eigenvalue weighted by Crippen LogP contribution is 2.37. The number of amides is 1. The zero-order valence-electron chi connectivity index (χ0n) is 13.1. The van der Waals surface area contributed by atoms with E-state index in [9.17, 15) is 18.3 Å². The van der Waals surface area contributed by atoms with Gasteiger partial charge >= 0.3 is 0 Å². The number of aliphatic hydroxyl groups is 1. The number of anilines is 2. The number of benzene rings is 2. The molecular weight excluding hydrogens is 384 g/mol. The SMILES string of the molecule is CC1Sc2ccc(C(=O)Nc3ccc(S(=O)(=O)Cl)cc3)cc2NC1O. The van der Waals surface area contributed by atoms with Gasteiger partial charge in [0, 0.05) is 26.8 Å². The van der Waals surface area contributed by atoms with E-state index in [1.165, 1.54) is 36.0 Å². The van der Waals surface area contributed by atoms with Crippen molar-refractivity contribution in [2.75, 3.05) is 10.6 Å². The monoisotopic (exact) mass is 398 g/mol. The largest absolute Gasteiger partial charge is 0.373 e. The summed E-state index contributed by atoms with van der Waals surface area (Å²) >= 11 is 1.53. The summed E-state index contributed by atoms with van der Waals surface area (Å²) in [4.78, 5) is 13.3. The lowest BCUT2D eigenvalue weighted by Gasteiger charge is -2.28. The van der Waals surface area contributed by atoms with Crippen LogP contribution in [0.1, 0.15) is 17.3 Å². The first-order chi connectivity index (χ1) is 11.7. The summed E-state index contributed by atoms with van der Waals surface area (Å²) in [6.07, 6.45) is -0.680. The Kier molecular flexibility index (Phi) is 4.97. The molecular formula is C16H15ClN2O4S2. The van der Waals surface area contributed by atoms with E-state index in [-0.39, 0.29) is 16.1 Å². The zero-order chi connectivity index (χ0) is 18.2. The van der Waals surface area contributed by atoms with Crippen molar-refractivity contribution in [2.45, 2.75) is 28.2 Å². The van der Waals surface area contributed by atoms with Crippen molar-refractivity contribution < 1.29 is 18.3 Å². The number of carbonyl (C=O) groups excluding carboxylic acids is 1. The van der Waals surface area contributed by atoms with Crippen LogP contribution in [0.3, 0.4) is 0 Å². The maximum Gasteiger partial charge on any atom is 0.261 e. The third-order valence-corrected chi connectivity index (χ3v) is 6.31. The van der Waals surface area contributed by atoms with Crippen LogP contribution >= 0.6 is 22.4 Å². The molecule has 0 spiro atoms. The van der Waals surface area contributed by atoms with E-state index in [4.69, 9.17) is 10.7 Å². The molecule has 3 N–H and O–H groups in total. The minimum atomic E-state index is -3.80. The number of hydrogen-bond donors (Lipinski definition) is 3. The predicted molar refractivity (Wildman–Crippen MR) is 98.8 cm³/mol. The smallest absolute Gasteiger partial charge is 0.261 e. The van der Waals surface area contributed by atoms with Crippen molar-refractivity contribution in [3.63, 3.8) is 0 Å². The van der Waals surface area contributed by atoms with Crippen LogP contribution < -0.4 is 10.6 Å². The first-order valence-electron chi connectivity index (χ1n) is 7.35. The molecule has 0 saturated heterocycles. The normalized spacial score (nSPS) is 19.6. The molecule has 1 aliphatic heterocycles. The average Bonchev–Trinajstić information content (AvgIpc) is 2.55. The third-order valence-electron chi connectivity index (χ3n) is 3.70. The van der Waals surface area contributed by atoms with E-state index in [1.54, 1.807) is 12.1 Å². The van der Waals surface area contributed by atoms with Gasteiger partial charge in [0.25, 0.3) is 15.0 Å². The Morgan fingerprint density at radius 3 is 2.56 bits per heavy atom. The van der Waals surface area contributed by atoms with Crippen LogP contribution in [0.25, 0.3) is 0 Å². The number of halogens is 1. The summed E-state index contributed by atoms with van der Waals surface area (Å²) in [6.45, 7) is 1.91. The lowest BCUT2D eigenvalue weighted by Crippen LogP contribution is -2.32. The number of thioether (sulfide) groups is 1. The first-order valence-corrected chi connectivity index (χ1v) is 10.5. The predicted octanol–water partition coefficient (Wildman–Crippen LogP) is 3.09. The highest BCUT2D eigenvalue weighted by atomic mass is 35.7. The van der Waals surface area contributed by atoms with Gasteiger partial charge in [0.2, 0.25) is 0 Å². The summed E-state index contributed by atoms with van der Waals surface area (Å²) in [7, 11) is 1.46. The zero-order valence-corrected chi connectivity index (χ0v) is 15.5. The topological polar surface area (TPSA) is 95.5 Å². The number of fused-ring (bicyclic) bond motifs is 1. The number of aliphatic hydroxyl groups excluding tert-OH is 1. The van der Waals surface area contributed by atoms with Crippen molar-refractivity contribution in [3.05, 3.63) is 48.0 Å². The summed E-state index contributed by atoms with van der Waals surface area (Å²) < 4.78 is 22.4. The minimum Gasteiger partial charge on any atom is -0.373 e. The van der Waals surface area contributed by atoms with Crippen LogP contribution in [-0.2, 0) is 9.05 Å². The van der Waals surface area contributed by atoms with Crippen molar-refractivity contribution in [1.82, 2.24) is 0 Å². The highest BCUT2D eigenvalue weighted by molar-refractivity contribution is 8.13. The van der Waals surface area contributed by atoms with Crippen LogP contribution in [0.2, 0.25) is 0 Å². The maximum absolute atomic E-state index is 12.4. The molecule has 0 aliphatic carbocycles. The molecule has 3 rings (SSSR count). The molecule has 0 saturated carbocycles. The lowest BCUT2D eigenvalue weighted by molar-refractivity contribution is 0.102. The van der Waals surface area contributed by atoms with Gasteiger partial charge in [0.1, 0.15) is 6.23 Å². The van der Waals surface area contributed by atoms with Gasteiger partial charge in [-0.25, -0.2) is 8.42 Å².